The predicted molar refractivity (Wildman–Crippen MR) is 66.9 cm³/mol. The Morgan fingerprint density at radius 3 is 3.06 bits per heavy atom. The first-order valence-corrected chi connectivity index (χ1v) is 6.83. The lowest BCUT2D eigenvalue weighted by molar-refractivity contribution is -0.0202. The summed E-state index contributed by atoms with van der Waals surface area (Å²) < 4.78 is 5.64. The molecule has 1 aromatic heterocycles. The van der Waals surface area contributed by atoms with Crippen molar-refractivity contribution >= 4 is 11.3 Å². The van der Waals surface area contributed by atoms with E-state index in [4.69, 9.17) is 4.74 Å². The molecule has 0 aliphatic carbocycles. The van der Waals surface area contributed by atoms with Gasteiger partial charge < -0.3 is 10.1 Å². The third-order valence-electron chi connectivity index (χ3n) is 3.11. The molecule has 0 radical (unpaired) electrons. The van der Waals surface area contributed by atoms with Crippen LogP contribution in [0.1, 0.15) is 37.4 Å². The number of nitrogens with zero attached hydrogens (tertiary/aromatic N) is 1. The summed E-state index contributed by atoms with van der Waals surface area (Å²) in [5.74, 6) is 0. The standard InChI is InChI=1S/C12H20N2OS/c1-4-13-12(5-6-15-10(3)7-12)11-14-9(2)8-16-11/h8,10,13H,4-7H2,1-3H3. The molecule has 90 valence electrons. The van der Waals surface area contributed by atoms with E-state index in [1.54, 1.807) is 11.3 Å². The maximum atomic E-state index is 5.64. The molecule has 0 aromatic carbocycles. The molecule has 2 heterocycles. The van der Waals surface area contributed by atoms with Crippen molar-refractivity contribution in [2.45, 2.75) is 45.3 Å². The second kappa shape index (κ2) is 4.82. The van der Waals surface area contributed by atoms with E-state index in [9.17, 15) is 0 Å². The molecule has 2 rings (SSSR count). The highest BCUT2D eigenvalue weighted by atomic mass is 32.1. The summed E-state index contributed by atoms with van der Waals surface area (Å²) in [4.78, 5) is 4.66. The summed E-state index contributed by atoms with van der Waals surface area (Å²) in [5.41, 5.74) is 1.17. The van der Waals surface area contributed by atoms with Gasteiger partial charge in [0.25, 0.3) is 0 Å². The molecule has 0 saturated carbocycles. The summed E-state index contributed by atoms with van der Waals surface area (Å²) in [6.07, 6.45) is 2.36. The van der Waals surface area contributed by atoms with Gasteiger partial charge in [-0.3, -0.25) is 0 Å². The SMILES string of the molecule is CCNC1(c2nc(C)cs2)CCOC(C)C1. The molecule has 0 spiro atoms. The number of thiazole rings is 1. The van der Waals surface area contributed by atoms with Crippen LogP contribution in [0, 0.1) is 6.92 Å². The van der Waals surface area contributed by atoms with Gasteiger partial charge in [0.2, 0.25) is 0 Å². The summed E-state index contributed by atoms with van der Waals surface area (Å²) in [6.45, 7) is 8.16. The highest BCUT2D eigenvalue weighted by Crippen LogP contribution is 2.36. The fourth-order valence-corrected chi connectivity index (χ4v) is 3.44. The highest BCUT2D eigenvalue weighted by molar-refractivity contribution is 7.09. The Morgan fingerprint density at radius 1 is 1.69 bits per heavy atom. The van der Waals surface area contributed by atoms with Gasteiger partial charge >= 0.3 is 0 Å². The van der Waals surface area contributed by atoms with Gasteiger partial charge in [0.1, 0.15) is 5.01 Å². The predicted octanol–water partition coefficient (Wildman–Crippen LogP) is 2.46. The molecule has 0 bridgehead atoms. The van der Waals surface area contributed by atoms with Gasteiger partial charge in [-0.15, -0.1) is 11.3 Å². The molecule has 1 aliphatic rings. The largest absolute Gasteiger partial charge is 0.378 e. The van der Waals surface area contributed by atoms with Crippen molar-refractivity contribution in [2.24, 2.45) is 0 Å². The first-order chi connectivity index (χ1) is 7.66. The van der Waals surface area contributed by atoms with Gasteiger partial charge in [-0.05, 0) is 33.2 Å². The molecular formula is C12H20N2OS. The van der Waals surface area contributed by atoms with Crippen molar-refractivity contribution in [1.29, 1.82) is 0 Å². The van der Waals surface area contributed by atoms with Gasteiger partial charge in [-0.2, -0.15) is 0 Å². The van der Waals surface area contributed by atoms with E-state index in [0.717, 1.165) is 31.7 Å². The minimum Gasteiger partial charge on any atom is -0.378 e. The number of aryl methyl sites for hydroxylation is 1. The van der Waals surface area contributed by atoms with Crippen LogP contribution in [0.15, 0.2) is 5.38 Å². The summed E-state index contributed by atoms with van der Waals surface area (Å²) in [6, 6.07) is 0. The zero-order chi connectivity index (χ0) is 11.6. The van der Waals surface area contributed by atoms with E-state index >= 15 is 0 Å². The Labute approximate surface area is 101 Å². The van der Waals surface area contributed by atoms with Gasteiger partial charge in [0.15, 0.2) is 0 Å². The minimum absolute atomic E-state index is 0.0470. The van der Waals surface area contributed by atoms with Gasteiger partial charge in [-0.1, -0.05) is 6.92 Å². The highest BCUT2D eigenvalue weighted by Gasteiger charge is 2.38. The van der Waals surface area contributed by atoms with Crippen LogP contribution in [-0.2, 0) is 10.3 Å². The van der Waals surface area contributed by atoms with Crippen LogP contribution in [-0.4, -0.2) is 24.2 Å². The number of aromatic nitrogens is 1. The Hall–Kier alpha value is -0.450. The second-order valence-corrected chi connectivity index (χ2v) is 5.40. The van der Waals surface area contributed by atoms with E-state index in [2.05, 4.69) is 36.5 Å². The van der Waals surface area contributed by atoms with Crippen LogP contribution < -0.4 is 5.32 Å². The molecule has 1 fully saturated rings. The van der Waals surface area contributed by atoms with E-state index < -0.39 is 0 Å². The van der Waals surface area contributed by atoms with E-state index in [1.165, 1.54) is 5.01 Å². The van der Waals surface area contributed by atoms with Gasteiger partial charge in [0.05, 0.1) is 11.6 Å². The van der Waals surface area contributed by atoms with Crippen molar-refractivity contribution < 1.29 is 4.74 Å². The molecule has 2 unspecified atom stereocenters. The fraction of sp³-hybridized carbons (Fsp3) is 0.750. The Morgan fingerprint density at radius 2 is 2.50 bits per heavy atom. The minimum atomic E-state index is 0.0470. The number of hydrogen-bond donors (Lipinski definition) is 1. The quantitative estimate of drug-likeness (QED) is 0.881. The van der Waals surface area contributed by atoms with Gasteiger partial charge in [0, 0.05) is 17.7 Å². The molecule has 16 heavy (non-hydrogen) atoms. The smallest absolute Gasteiger partial charge is 0.113 e. The average Bonchev–Trinajstić information content (AvgIpc) is 2.66. The Bertz CT molecular complexity index is 349. The van der Waals surface area contributed by atoms with Crippen LogP contribution in [0.25, 0.3) is 0 Å². The third-order valence-corrected chi connectivity index (χ3v) is 4.27. The first kappa shape index (κ1) is 12.0. The van der Waals surface area contributed by atoms with E-state index in [0.29, 0.717) is 6.10 Å². The Balaban J connectivity index is 2.27. The summed E-state index contributed by atoms with van der Waals surface area (Å²) >= 11 is 1.77. The molecule has 3 nitrogen and oxygen atoms in total. The fourth-order valence-electron chi connectivity index (χ4n) is 2.43. The number of hydrogen-bond acceptors (Lipinski definition) is 4. The number of ether oxygens (including phenoxy) is 1. The average molecular weight is 240 g/mol. The normalized spacial score (nSPS) is 30.6. The molecular weight excluding hydrogens is 220 g/mol. The summed E-state index contributed by atoms with van der Waals surface area (Å²) in [5, 5.41) is 6.98. The lowest BCUT2D eigenvalue weighted by Crippen LogP contribution is -2.48. The molecule has 4 heteroatoms. The van der Waals surface area contributed by atoms with Crippen LogP contribution in [0.4, 0.5) is 0 Å². The molecule has 2 atom stereocenters. The van der Waals surface area contributed by atoms with Crippen LogP contribution in [0.3, 0.4) is 0 Å². The molecule has 0 amide bonds. The van der Waals surface area contributed by atoms with Crippen LogP contribution >= 0.6 is 11.3 Å². The third kappa shape index (κ3) is 2.29. The van der Waals surface area contributed by atoms with Crippen molar-refractivity contribution in [3.63, 3.8) is 0 Å². The Kier molecular flexibility index (Phi) is 3.62. The second-order valence-electron chi connectivity index (χ2n) is 4.54. The number of rotatable bonds is 3. The van der Waals surface area contributed by atoms with E-state index in [1.807, 2.05) is 0 Å². The van der Waals surface area contributed by atoms with Crippen LogP contribution in [0.5, 0.6) is 0 Å². The molecule has 1 aromatic rings. The summed E-state index contributed by atoms with van der Waals surface area (Å²) in [7, 11) is 0. The van der Waals surface area contributed by atoms with Crippen molar-refractivity contribution in [3.05, 3.63) is 16.1 Å². The monoisotopic (exact) mass is 240 g/mol. The van der Waals surface area contributed by atoms with Crippen LogP contribution in [0.2, 0.25) is 0 Å². The van der Waals surface area contributed by atoms with Crippen molar-refractivity contribution in [3.8, 4) is 0 Å². The molecule has 1 saturated heterocycles. The molecule has 1 N–H and O–H groups in total. The zero-order valence-electron chi connectivity index (χ0n) is 10.2. The first-order valence-electron chi connectivity index (χ1n) is 5.95. The zero-order valence-corrected chi connectivity index (χ0v) is 11.1. The maximum Gasteiger partial charge on any atom is 0.113 e. The maximum absolute atomic E-state index is 5.64. The lowest BCUT2D eigenvalue weighted by Gasteiger charge is -2.39. The lowest BCUT2D eigenvalue weighted by atomic mass is 9.87. The van der Waals surface area contributed by atoms with Crippen molar-refractivity contribution in [2.75, 3.05) is 13.2 Å². The topological polar surface area (TPSA) is 34.2 Å². The van der Waals surface area contributed by atoms with Crippen molar-refractivity contribution in [1.82, 2.24) is 10.3 Å². The molecule has 1 aliphatic heterocycles. The number of nitrogens with one attached hydrogen (secondary N) is 1. The van der Waals surface area contributed by atoms with Gasteiger partial charge in [-0.25, -0.2) is 4.98 Å². The van der Waals surface area contributed by atoms with E-state index in [-0.39, 0.29) is 5.54 Å².